The Hall–Kier alpha value is -2.16. The van der Waals surface area contributed by atoms with E-state index in [4.69, 9.17) is 27.4 Å². The minimum atomic E-state index is -3.96. The first kappa shape index (κ1) is 27.4. The van der Waals surface area contributed by atoms with Crippen LogP contribution in [-0.2, 0) is 20.9 Å². The van der Waals surface area contributed by atoms with Gasteiger partial charge < -0.3 is 15.7 Å². The topological polar surface area (TPSA) is 143 Å². The predicted molar refractivity (Wildman–Crippen MR) is 145 cm³/mol. The number of halogens is 2. The van der Waals surface area contributed by atoms with Crippen LogP contribution in [0, 0.1) is 0 Å². The Labute approximate surface area is 234 Å². The summed E-state index contributed by atoms with van der Waals surface area (Å²) in [5.74, 6) is -0.0317. The fraction of sp³-hybridized carbons (Fsp3) is 0.375. The SMILES string of the molecule is CNS(=O)(=O)O[C@@H]1C[C@H](Nc2ncncc2C(=O)c2cc([C@H]3NCCc4ccc(Cl)cc43)c(Cl)s2)C[C@@H]1O. The van der Waals surface area contributed by atoms with E-state index in [9.17, 15) is 18.3 Å². The number of aliphatic hydroxyl groups excluding tert-OH is 1. The van der Waals surface area contributed by atoms with Crippen molar-refractivity contribution in [1.29, 1.82) is 0 Å². The first-order chi connectivity index (χ1) is 18.1. The summed E-state index contributed by atoms with van der Waals surface area (Å²) in [6.07, 6.45) is 2.08. The highest BCUT2D eigenvalue weighted by molar-refractivity contribution is 7.84. The molecule has 4 N–H and O–H groups in total. The van der Waals surface area contributed by atoms with E-state index in [1.807, 2.05) is 18.2 Å². The number of carbonyl (C=O) groups is 1. The van der Waals surface area contributed by atoms with Crippen molar-refractivity contribution in [3.05, 3.63) is 73.3 Å². The number of thiophene rings is 1. The molecular weight excluding hydrogens is 573 g/mol. The average Bonchev–Trinajstić information content (AvgIpc) is 3.44. The van der Waals surface area contributed by atoms with Crippen molar-refractivity contribution in [1.82, 2.24) is 20.0 Å². The van der Waals surface area contributed by atoms with Crippen molar-refractivity contribution in [3.63, 3.8) is 0 Å². The van der Waals surface area contributed by atoms with Crippen molar-refractivity contribution in [2.24, 2.45) is 0 Å². The maximum atomic E-state index is 13.6. The van der Waals surface area contributed by atoms with E-state index in [-0.39, 0.29) is 42.1 Å². The van der Waals surface area contributed by atoms with Crippen LogP contribution in [0.2, 0.25) is 9.36 Å². The molecule has 0 amide bonds. The third-order valence-electron chi connectivity index (χ3n) is 6.68. The third kappa shape index (κ3) is 5.73. The van der Waals surface area contributed by atoms with E-state index in [1.54, 1.807) is 6.07 Å². The summed E-state index contributed by atoms with van der Waals surface area (Å²) < 4.78 is 31.1. The molecule has 0 bridgehead atoms. The van der Waals surface area contributed by atoms with Crippen LogP contribution in [0.15, 0.2) is 36.8 Å². The van der Waals surface area contributed by atoms with E-state index in [0.29, 0.717) is 14.2 Å². The zero-order chi connectivity index (χ0) is 27.0. The lowest BCUT2D eigenvalue weighted by atomic mass is 9.91. The van der Waals surface area contributed by atoms with Gasteiger partial charge in [0.2, 0.25) is 5.78 Å². The molecule has 10 nitrogen and oxygen atoms in total. The normalized spacial score (nSPS) is 23.3. The van der Waals surface area contributed by atoms with Gasteiger partial charge in [0, 0.05) is 36.4 Å². The number of hydrogen-bond donors (Lipinski definition) is 4. The van der Waals surface area contributed by atoms with E-state index >= 15 is 0 Å². The third-order valence-corrected chi connectivity index (χ3v) is 9.30. The summed E-state index contributed by atoms with van der Waals surface area (Å²) in [4.78, 5) is 22.3. The van der Waals surface area contributed by atoms with E-state index in [0.717, 1.165) is 24.1 Å². The highest BCUT2D eigenvalue weighted by Crippen LogP contribution is 2.39. The van der Waals surface area contributed by atoms with Crippen LogP contribution in [0.3, 0.4) is 0 Å². The van der Waals surface area contributed by atoms with Crippen LogP contribution in [-0.4, -0.2) is 61.1 Å². The van der Waals surface area contributed by atoms with E-state index in [1.165, 1.54) is 36.5 Å². The van der Waals surface area contributed by atoms with Crippen molar-refractivity contribution in [2.75, 3.05) is 18.9 Å². The molecule has 4 atom stereocenters. The molecule has 14 heteroatoms. The first-order valence-corrected chi connectivity index (χ1v) is 14.8. The van der Waals surface area contributed by atoms with Crippen LogP contribution < -0.4 is 15.4 Å². The molecule has 2 aliphatic rings. The number of hydrogen-bond acceptors (Lipinski definition) is 10. The van der Waals surface area contributed by atoms with Crippen LogP contribution in [0.25, 0.3) is 0 Å². The molecule has 1 saturated carbocycles. The minimum Gasteiger partial charge on any atom is -0.390 e. The monoisotopic (exact) mass is 597 g/mol. The van der Waals surface area contributed by atoms with Gasteiger partial charge in [0.05, 0.1) is 26.9 Å². The van der Waals surface area contributed by atoms with E-state index in [2.05, 4.69) is 25.3 Å². The number of anilines is 1. The number of rotatable bonds is 8. The highest BCUT2D eigenvalue weighted by atomic mass is 35.5. The largest absolute Gasteiger partial charge is 0.390 e. The second-order valence-electron chi connectivity index (χ2n) is 9.11. The number of carbonyl (C=O) groups excluding carboxylic acids is 1. The molecule has 5 rings (SSSR count). The Morgan fingerprint density at radius 2 is 2.05 bits per heavy atom. The van der Waals surface area contributed by atoms with Crippen molar-refractivity contribution in [2.45, 2.75) is 43.6 Å². The molecule has 1 aromatic carbocycles. The van der Waals surface area contributed by atoms with Gasteiger partial charge >= 0.3 is 10.3 Å². The molecule has 38 heavy (non-hydrogen) atoms. The maximum Gasteiger partial charge on any atom is 0.335 e. The molecule has 1 fully saturated rings. The maximum absolute atomic E-state index is 13.6. The van der Waals surface area contributed by atoms with Crippen LogP contribution >= 0.6 is 34.5 Å². The lowest BCUT2D eigenvalue weighted by Crippen LogP contribution is -2.31. The summed E-state index contributed by atoms with van der Waals surface area (Å²) in [5.41, 5.74) is 3.24. The number of aliphatic hydroxyl groups is 1. The minimum absolute atomic E-state index is 0.196. The highest BCUT2D eigenvalue weighted by Gasteiger charge is 2.37. The van der Waals surface area contributed by atoms with Gasteiger partial charge in [0.1, 0.15) is 18.2 Å². The summed E-state index contributed by atoms with van der Waals surface area (Å²) >= 11 is 14.1. The zero-order valence-electron chi connectivity index (χ0n) is 20.1. The molecule has 202 valence electrons. The van der Waals surface area contributed by atoms with Crippen LogP contribution in [0.5, 0.6) is 0 Å². The van der Waals surface area contributed by atoms with Crippen molar-refractivity contribution in [3.8, 4) is 0 Å². The second-order valence-corrected chi connectivity index (χ2v) is 12.7. The number of benzene rings is 1. The Morgan fingerprint density at radius 3 is 2.84 bits per heavy atom. The fourth-order valence-corrected chi connectivity index (χ4v) is 6.94. The Bertz CT molecular complexity index is 1470. The smallest absolute Gasteiger partial charge is 0.335 e. The average molecular weight is 599 g/mol. The molecule has 0 saturated heterocycles. The molecule has 0 unspecified atom stereocenters. The second kappa shape index (κ2) is 11.1. The molecular formula is C24H25Cl2N5O5S2. The predicted octanol–water partition coefficient (Wildman–Crippen LogP) is 3.10. The van der Waals surface area contributed by atoms with Gasteiger partial charge in [0.25, 0.3) is 0 Å². The molecule has 1 aliphatic heterocycles. The summed E-state index contributed by atoms with van der Waals surface area (Å²) in [6, 6.07) is 7.02. The number of ketones is 1. The van der Waals surface area contributed by atoms with E-state index < -0.39 is 22.5 Å². The van der Waals surface area contributed by atoms with Gasteiger partial charge in [-0.3, -0.25) is 8.98 Å². The fourth-order valence-electron chi connectivity index (χ4n) is 4.84. The van der Waals surface area contributed by atoms with Gasteiger partial charge in [-0.1, -0.05) is 29.3 Å². The molecule has 2 aromatic heterocycles. The van der Waals surface area contributed by atoms with Crippen LogP contribution in [0.1, 0.15) is 50.8 Å². The summed E-state index contributed by atoms with van der Waals surface area (Å²) in [7, 11) is -2.74. The standard InChI is InChI=1S/C24H25Cl2N5O5S2/c1-27-38(34,35)36-19-8-14(7-18(19)32)31-24-17(10-28-11-30-24)22(33)20-9-16(23(26)37-20)21-15-6-13(25)3-2-12(15)4-5-29-21/h2-3,6,9-11,14,18-19,21,27,29,32H,4-5,7-8H2,1H3,(H,28,30,31)/t14-,18+,19-,21+/m1/s1. The molecule has 3 aromatic rings. The summed E-state index contributed by atoms with van der Waals surface area (Å²) in [6.45, 7) is 0.767. The Morgan fingerprint density at radius 1 is 1.24 bits per heavy atom. The number of nitrogens with one attached hydrogen (secondary N) is 3. The van der Waals surface area contributed by atoms with Gasteiger partial charge in [-0.2, -0.15) is 13.1 Å². The lowest BCUT2D eigenvalue weighted by Gasteiger charge is -2.27. The molecule has 1 aliphatic carbocycles. The van der Waals surface area contributed by atoms with Gasteiger partial charge in [-0.05, 0) is 48.6 Å². The number of nitrogens with zero attached hydrogens (tertiary/aromatic N) is 2. The molecule has 0 spiro atoms. The Balaban J connectivity index is 1.37. The summed E-state index contributed by atoms with van der Waals surface area (Å²) in [5, 5.41) is 17.6. The van der Waals surface area contributed by atoms with Crippen molar-refractivity contribution >= 4 is 56.4 Å². The molecule has 0 radical (unpaired) electrons. The van der Waals surface area contributed by atoms with Crippen LogP contribution in [0.4, 0.5) is 5.82 Å². The van der Waals surface area contributed by atoms with Crippen molar-refractivity contribution < 1.29 is 22.5 Å². The first-order valence-electron chi connectivity index (χ1n) is 11.9. The molecule has 3 heterocycles. The quantitative estimate of drug-likeness (QED) is 0.288. The number of fused-ring (bicyclic) bond motifs is 1. The van der Waals surface area contributed by atoms with Gasteiger partial charge in [0.15, 0.2) is 0 Å². The lowest BCUT2D eigenvalue weighted by molar-refractivity contribution is 0.0636. The zero-order valence-corrected chi connectivity index (χ0v) is 23.3. The van der Waals surface area contributed by atoms with Gasteiger partial charge in [-0.25, -0.2) is 9.97 Å². The van der Waals surface area contributed by atoms with Gasteiger partial charge in [-0.15, -0.1) is 11.3 Å². The number of aromatic nitrogens is 2. The Kier molecular flexibility index (Phi) is 8.04.